The molecule has 1 aliphatic heterocycles. The van der Waals surface area contributed by atoms with Crippen molar-refractivity contribution < 1.29 is 19.4 Å². The standard InChI is InChI=1S/C17H16O4/c1-2-11-7-9-12(10-8-11)15-16(17(18)19)21-14-6-4-3-5-13(14)20-15/h3-10,15-16H,2H2,1H3,(H,18,19)/t15-,16-/m0/s1. The SMILES string of the molecule is CCc1ccc([C@@H]2Oc3ccccc3O[C@@H]2C(=O)O)cc1. The molecule has 2 atom stereocenters. The van der Waals surface area contributed by atoms with Crippen LogP contribution in [-0.4, -0.2) is 17.2 Å². The van der Waals surface area contributed by atoms with Crippen LogP contribution < -0.4 is 9.47 Å². The number of hydrogen-bond acceptors (Lipinski definition) is 3. The lowest BCUT2D eigenvalue weighted by molar-refractivity contribution is -0.151. The second-order valence-electron chi connectivity index (χ2n) is 4.96. The summed E-state index contributed by atoms with van der Waals surface area (Å²) in [4.78, 5) is 11.5. The topological polar surface area (TPSA) is 55.8 Å². The maximum absolute atomic E-state index is 11.5. The average Bonchev–Trinajstić information content (AvgIpc) is 2.53. The molecule has 2 aromatic carbocycles. The molecule has 3 rings (SSSR count). The van der Waals surface area contributed by atoms with Crippen molar-refractivity contribution in [3.63, 3.8) is 0 Å². The van der Waals surface area contributed by atoms with Gasteiger partial charge in [-0.15, -0.1) is 0 Å². The molecular formula is C17H16O4. The van der Waals surface area contributed by atoms with E-state index in [1.807, 2.05) is 30.3 Å². The van der Waals surface area contributed by atoms with Crippen molar-refractivity contribution in [2.75, 3.05) is 0 Å². The molecule has 0 aliphatic carbocycles. The third kappa shape index (κ3) is 2.57. The lowest BCUT2D eigenvalue weighted by Gasteiger charge is -2.31. The number of aryl methyl sites for hydroxylation is 1. The highest BCUT2D eigenvalue weighted by atomic mass is 16.6. The van der Waals surface area contributed by atoms with Crippen molar-refractivity contribution in [1.29, 1.82) is 0 Å². The molecule has 108 valence electrons. The Morgan fingerprint density at radius 2 is 1.67 bits per heavy atom. The van der Waals surface area contributed by atoms with E-state index in [2.05, 4.69) is 6.92 Å². The number of ether oxygens (including phenoxy) is 2. The molecule has 4 heteroatoms. The Bertz CT molecular complexity index is 648. The third-order valence-electron chi connectivity index (χ3n) is 3.59. The molecule has 0 saturated heterocycles. The van der Waals surface area contributed by atoms with Gasteiger partial charge in [-0.1, -0.05) is 43.3 Å². The number of aliphatic carboxylic acids is 1. The van der Waals surface area contributed by atoms with E-state index in [9.17, 15) is 9.90 Å². The van der Waals surface area contributed by atoms with Crippen LogP contribution in [0.2, 0.25) is 0 Å². The van der Waals surface area contributed by atoms with Crippen molar-refractivity contribution >= 4 is 5.97 Å². The maximum Gasteiger partial charge on any atom is 0.349 e. The van der Waals surface area contributed by atoms with Gasteiger partial charge in [0.25, 0.3) is 0 Å². The van der Waals surface area contributed by atoms with Gasteiger partial charge in [0.15, 0.2) is 17.6 Å². The predicted octanol–water partition coefficient (Wildman–Crippen LogP) is 3.21. The molecule has 1 N–H and O–H groups in total. The first-order chi connectivity index (χ1) is 10.2. The van der Waals surface area contributed by atoms with Gasteiger partial charge in [0, 0.05) is 0 Å². The Kier molecular flexibility index (Phi) is 3.52. The van der Waals surface area contributed by atoms with Crippen molar-refractivity contribution in [2.24, 2.45) is 0 Å². The quantitative estimate of drug-likeness (QED) is 0.940. The number of hydrogen-bond donors (Lipinski definition) is 1. The van der Waals surface area contributed by atoms with Gasteiger partial charge in [0.1, 0.15) is 0 Å². The lowest BCUT2D eigenvalue weighted by Crippen LogP contribution is -2.39. The molecule has 21 heavy (non-hydrogen) atoms. The van der Waals surface area contributed by atoms with Crippen LogP contribution in [0.4, 0.5) is 0 Å². The van der Waals surface area contributed by atoms with E-state index in [0.717, 1.165) is 12.0 Å². The Labute approximate surface area is 122 Å². The van der Waals surface area contributed by atoms with E-state index in [4.69, 9.17) is 9.47 Å². The summed E-state index contributed by atoms with van der Waals surface area (Å²) in [6, 6.07) is 14.9. The normalized spacial score (nSPS) is 20.0. The van der Waals surface area contributed by atoms with E-state index < -0.39 is 18.2 Å². The minimum Gasteiger partial charge on any atom is -0.478 e. The molecular weight excluding hydrogens is 268 g/mol. The number of carboxylic acids is 1. The van der Waals surface area contributed by atoms with Gasteiger partial charge in [-0.2, -0.15) is 0 Å². The van der Waals surface area contributed by atoms with E-state index in [0.29, 0.717) is 11.5 Å². The van der Waals surface area contributed by atoms with Crippen LogP contribution in [0.1, 0.15) is 24.2 Å². The Morgan fingerprint density at radius 3 is 2.24 bits per heavy atom. The van der Waals surface area contributed by atoms with E-state index in [1.54, 1.807) is 18.2 Å². The number of para-hydroxylation sites is 2. The summed E-state index contributed by atoms with van der Waals surface area (Å²) in [6.45, 7) is 2.07. The summed E-state index contributed by atoms with van der Waals surface area (Å²) in [6.07, 6.45) is -0.760. The van der Waals surface area contributed by atoms with Crippen LogP contribution in [0.3, 0.4) is 0 Å². The fourth-order valence-electron chi connectivity index (χ4n) is 2.41. The predicted molar refractivity (Wildman–Crippen MR) is 77.7 cm³/mol. The van der Waals surface area contributed by atoms with Crippen molar-refractivity contribution in [2.45, 2.75) is 25.6 Å². The molecule has 0 unspecified atom stereocenters. The smallest absolute Gasteiger partial charge is 0.349 e. The van der Waals surface area contributed by atoms with Crippen LogP contribution >= 0.6 is 0 Å². The highest BCUT2D eigenvalue weighted by Crippen LogP contribution is 2.39. The monoisotopic (exact) mass is 284 g/mol. The number of carbonyl (C=O) groups is 1. The van der Waals surface area contributed by atoms with E-state index in [-0.39, 0.29) is 0 Å². The Morgan fingerprint density at radius 1 is 1.05 bits per heavy atom. The molecule has 0 spiro atoms. The largest absolute Gasteiger partial charge is 0.478 e. The molecule has 4 nitrogen and oxygen atoms in total. The summed E-state index contributed by atoms with van der Waals surface area (Å²) in [7, 11) is 0. The molecule has 1 heterocycles. The highest BCUT2D eigenvalue weighted by Gasteiger charge is 2.38. The second kappa shape index (κ2) is 5.48. The summed E-state index contributed by atoms with van der Waals surface area (Å²) >= 11 is 0. The van der Waals surface area contributed by atoms with Gasteiger partial charge in [-0.25, -0.2) is 4.79 Å². The molecule has 1 aliphatic rings. The molecule has 0 aromatic heterocycles. The minimum absolute atomic E-state index is 0.464. The van der Waals surface area contributed by atoms with Crippen LogP contribution in [0, 0.1) is 0 Å². The van der Waals surface area contributed by atoms with Gasteiger partial charge in [0.2, 0.25) is 6.10 Å². The van der Waals surface area contributed by atoms with Crippen molar-refractivity contribution in [3.05, 3.63) is 59.7 Å². The van der Waals surface area contributed by atoms with E-state index >= 15 is 0 Å². The minimum atomic E-state index is -1.05. The van der Waals surface area contributed by atoms with Crippen LogP contribution in [0.5, 0.6) is 11.5 Å². The fourth-order valence-corrected chi connectivity index (χ4v) is 2.41. The zero-order chi connectivity index (χ0) is 14.8. The summed E-state index contributed by atoms with van der Waals surface area (Å²) in [5.41, 5.74) is 2.00. The molecule has 0 radical (unpaired) electrons. The highest BCUT2D eigenvalue weighted by molar-refractivity contribution is 5.74. The van der Waals surface area contributed by atoms with Crippen molar-refractivity contribution in [3.8, 4) is 11.5 Å². The molecule has 0 amide bonds. The molecule has 0 fully saturated rings. The van der Waals surface area contributed by atoms with Gasteiger partial charge < -0.3 is 14.6 Å². The molecule has 2 aromatic rings. The molecule has 0 bridgehead atoms. The zero-order valence-corrected chi connectivity index (χ0v) is 11.7. The number of benzene rings is 2. The maximum atomic E-state index is 11.5. The van der Waals surface area contributed by atoms with Crippen molar-refractivity contribution in [1.82, 2.24) is 0 Å². The summed E-state index contributed by atoms with van der Waals surface area (Å²) in [5, 5.41) is 9.39. The van der Waals surface area contributed by atoms with Crippen LogP contribution in [-0.2, 0) is 11.2 Å². The van der Waals surface area contributed by atoms with Gasteiger partial charge in [-0.3, -0.25) is 0 Å². The van der Waals surface area contributed by atoms with Gasteiger partial charge in [0.05, 0.1) is 0 Å². The van der Waals surface area contributed by atoms with Gasteiger partial charge in [-0.05, 0) is 29.7 Å². The third-order valence-corrected chi connectivity index (χ3v) is 3.59. The van der Waals surface area contributed by atoms with Crippen LogP contribution in [0.25, 0.3) is 0 Å². The first-order valence-electron chi connectivity index (χ1n) is 6.93. The Hall–Kier alpha value is -2.49. The van der Waals surface area contributed by atoms with Gasteiger partial charge >= 0.3 is 5.97 Å². The summed E-state index contributed by atoms with van der Waals surface area (Å²) in [5.74, 6) is -0.0000301. The Balaban J connectivity index is 1.96. The number of fused-ring (bicyclic) bond motifs is 1. The number of rotatable bonds is 3. The second-order valence-corrected chi connectivity index (χ2v) is 4.96. The average molecular weight is 284 g/mol. The number of carboxylic acid groups (broad SMARTS) is 1. The first-order valence-corrected chi connectivity index (χ1v) is 6.93. The molecule has 0 saturated carbocycles. The first kappa shape index (κ1) is 13.5. The zero-order valence-electron chi connectivity index (χ0n) is 11.7. The lowest BCUT2D eigenvalue weighted by atomic mass is 10.0. The summed E-state index contributed by atoms with van der Waals surface area (Å²) < 4.78 is 11.5. The van der Waals surface area contributed by atoms with E-state index in [1.165, 1.54) is 5.56 Å². The van der Waals surface area contributed by atoms with Crippen LogP contribution in [0.15, 0.2) is 48.5 Å². The fraction of sp³-hybridized carbons (Fsp3) is 0.235.